The maximum absolute atomic E-state index is 4.53. The van der Waals surface area contributed by atoms with Crippen molar-refractivity contribution in [2.75, 3.05) is 0 Å². The lowest BCUT2D eigenvalue weighted by Gasteiger charge is -2.14. The first-order valence-electron chi connectivity index (χ1n) is 4.57. The minimum atomic E-state index is 0.250. The van der Waals surface area contributed by atoms with Crippen molar-refractivity contribution in [3.8, 4) is 0 Å². The van der Waals surface area contributed by atoms with Crippen LogP contribution >= 0.6 is 23.3 Å². The Balaban J connectivity index is 2.04. The Morgan fingerprint density at radius 3 is 2.62 bits per heavy atom. The Bertz CT molecular complexity index is 297. The van der Waals surface area contributed by atoms with Crippen LogP contribution in [0.5, 0.6) is 0 Å². The first-order chi connectivity index (χ1) is 6.04. The van der Waals surface area contributed by atoms with Crippen molar-refractivity contribution in [1.82, 2.24) is 9.36 Å². The van der Waals surface area contributed by atoms with Crippen LogP contribution in [0.1, 0.15) is 45.4 Å². The molecule has 1 saturated carbocycles. The summed E-state index contributed by atoms with van der Waals surface area (Å²) in [4.78, 5) is 4.53. The molecule has 0 atom stereocenters. The highest BCUT2D eigenvalue weighted by atomic mass is 32.2. The van der Waals surface area contributed by atoms with Crippen LogP contribution in [0.25, 0.3) is 0 Å². The van der Waals surface area contributed by atoms with Crippen LogP contribution < -0.4 is 0 Å². The molecule has 1 heterocycles. The van der Waals surface area contributed by atoms with Gasteiger partial charge in [-0.25, -0.2) is 4.98 Å². The van der Waals surface area contributed by atoms with Gasteiger partial charge in [0.15, 0.2) is 4.34 Å². The van der Waals surface area contributed by atoms with Crippen molar-refractivity contribution in [1.29, 1.82) is 0 Å². The van der Waals surface area contributed by atoms with Crippen LogP contribution in [0, 0.1) is 0 Å². The van der Waals surface area contributed by atoms with Crippen molar-refractivity contribution in [2.24, 2.45) is 0 Å². The fourth-order valence-electron chi connectivity index (χ4n) is 1.03. The van der Waals surface area contributed by atoms with Gasteiger partial charge in [-0.2, -0.15) is 4.37 Å². The van der Waals surface area contributed by atoms with Gasteiger partial charge in [-0.3, -0.25) is 0 Å². The summed E-state index contributed by atoms with van der Waals surface area (Å²) in [5.41, 5.74) is 0. The van der Waals surface area contributed by atoms with E-state index in [-0.39, 0.29) is 4.75 Å². The van der Waals surface area contributed by atoms with Gasteiger partial charge in [0.25, 0.3) is 0 Å². The second-order valence-corrected chi connectivity index (χ2v) is 7.23. The quantitative estimate of drug-likeness (QED) is 0.706. The number of rotatable bonds is 2. The van der Waals surface area contributed by atoms with E-state index in [1.165, 1.54) is 12.8 Å². The van der Waals surface area contributed by atoms with E-state index in [1.807, 2.05) is 11.8 Å². The topological polar surface area (TPSA) is 25.8 Å². The molecule has 0 aliphatic heterocycles. The van der Waals surface area contributed by atoms with Crippen LogP contribution in [0.15, 0.2) is 4.34 Å². The minimum Gasteiger partial charge on any atom is -0.213 e. The van der Waals surface area contributed by atoms with E-state index in [4.69, 9.17) is 0 Å². The first kappa shape index (κ1) is 9.46. The Labute approximate surface area is 87.3 Å². The molecule has 0 spiro atoms. The van der Waals surface area contributed by atoms with E-state index in [9.17, 15) is 0 Å². The van der Waals surface area contributed by atoms with E-state index in [1.54, 1.807) is 11.5 Å². The Hall–Kier alpha value is -0.0900. The van der Waals surface area contributed by atoms with Crippen LogP contribution in [0.4, 0.5) is 0 Å². The van der Waals surface area contributed by atoms with Gasteiger partial charge in [0.1, 0.15) is 5.82 Å². The molecule has 0 N–H and O–H groups in total. The van der Waals surface area contributed by atoms with E-state index in [0.29, 0.717) is 5.92 Å². The molecule has 2 nitrogen and oxygen atoms in total. The SMILES string of the molecule is CC(C)(C)Sc1nc(C2CC2)ns1. The van der Waals surface area contributed by atoms with Crippen LogP contribution in [0.2, 0.25) is 0 Å². The molecule has 4 heteroatoms. The zero-order valence-corrected chi connectivity index (χ0v) is 9.84. The van der Waals surface area contributed by atoms with Crippen molar-refractivity contribution in [3.63, 3.8) is 0 Å². The summed E-state index contributed by atoms with van der Waals surface area (Å²) < 4.78 is 5.74. The van der Waals surface area contributed by atoms with E-state index >= 15 is 0 Å². The molecule has 0 saturated heterocycles. The summed E-state index contributed by atoms with van der Waals surface area (Å²) in [6.07, 6.45) is 2.58. The lowest BCUT2D eigenvalue weighted by Crippen LogP contribution is -2.06. The van der Waals surface area contributed by atoms with Crippen LogP contribution in [-0.2, 0) is 0 Å². The molecule has 72 valence electrons. The number of hydrogen-bond acceptors (Lipinski definition) is 4. The lowest BCUT2D eigenvalue weighted by molar-refractivity contribution is 0.801. The first-order valence-corrected chi connectivity index (χ1v) is 6.16. The van der Waals surface area contributed by atoms with E-state index in [2.05, 4.69) is 30.1 Å². The fraction of sp³-hybridized carbons (Fsp3) is 0.778. The third kappa shape index (κ3) is 2.68. The molecule has 1 aliphatic rings. The fourth-order valence-corrected chi connectivity index (χ4v) is 3.20. The van der Waals surface area contributed by atoms with Crippen molar-refractivity contribution >= 4 is 23.3 Å². The molecule has 1 aliphatic carbocycles. The third-order valence-corrected chi connectivity index (χ3v) is 3.64. The summed E-state index contributed by atoms with van der Waals surface area (Å²) >= 11 is 3.36. The zero-order chi connectivity index (χ0) is 9.47. The minimum absolute atomic E-state index is 0.250. The average Bonchev–Trinajstić information content (AvgIpc) is 2.72. The van der Waals surface area contributed by atoms with Crippen molar-refractivity contribution < 1.29 is 0 Å². The standard InChI is InChI=1S/C9H14N2S2/c1-9(2,3)12-8-10-7(11-13-8)6-4-5-6/h6H,4-5H2,1-3H3. The van der Waals surface area contributed by atoms with E-state index < -0.39 is 0 Å². The average molecular weight is 214 g/mol. The highest BCUT2D eigenvalue weighted by molar-refractivity contribution is 8.02. The van der Waals surface area contributed by atoms with Gasteiger partial charge < -0.3 is 0 Å². The van der Waals surface area contributed by atoms with Gasteiger partial charge >= 0.3 is 0 Å². The Morgan fingerprint density at radius 2 is 2.08 bits per heavy atom. The maximum atomic E-state index is 4.53. The molecular formula is C9H14N2S2. The summed E-state index contributed by atoms with van der Waals surface area (Å²) in [6.45, 7) is 6.61. The lowest BCUT2D eigenvalue weighted by atomic mass is 10.3. The van der Waals surface area contributed by atoms with E-state index in [0.717, 1.165) is 10.2 Å². The van der Waals surface area contributed by atoms with Gasteiger partial charge in [0.05, 0.1) is 0 Å². The van der Waals surface area contributed by atoms with Crippen molar-refractivity contribution in [3.05, 3.63) is 5.82 Å². The normalized spacial score (nSPS) is 17.8. The second kappa shape index (κ2) is 3.24. The van der Waals surface area contributed by atoms with Gasteiger partial charge in [-0.05, 0) is 24.4 Å². The Kier molecular flexibility index (Phi) is 2.36. The van der Waals surface area contributed by atoms with Crippen LogP contribution in [-0.4, -0.2) is 14.1 Å². The molecule has 13 heavy (non-hydrogen) atoms. The molecule has 0 bridgehead atoms. The van der Waals surface area contributed by atoms with Crippen LogP contribution in [0.3, 0.4) is 0 Å². The third-order valence-electron chi connectivity index (χ3n) is 1.76. The summed E-state index contributed by atoms with van der Waals surface area (Å²) in [6, 6.07) is 0. The predicted molar refractivity (Wildman–Crippen MR) is 57.5 cm³/mol. The summed E-state index contributed by atoms with van der Waals surface area (Å²) in [5, 5.41) is 0. The van der Waals surface area contributed by atoms with Gasteiger partial charge in [-0.15, -0.1) is 0 Å². The molecule has 0 unspecified atom stereocenters. The van der Waals surface area contributed by atoms with Gasteiger partial charge in [0, 0.05) is 10.7 Å². The highest BCUT2D eigenvalue weighted by Gasteiger charge is 2.28. The van der Waals surface area contributed by atoms with Gasteiger partial charge in [-0.1, -0.05) is 32.5 Å². The van der Waals surface area contributed by atoms with Crippen molar-refractivity contribution in [2.45, 2.75) is 48.6 Å². The molecule has 0 radical (unpaired) electrons. The zero-order valence-electron chi connectivity index (χ0n) is 8.20. The molecule has 2 rings (SSSR count). The molecule has 0 aromatic carbocycles. The number of hydrogen-bond donors (Lipinski definition) is 0. The second-order valence-electron chi connectivity index (χ2n) is 4.41. The molecule has 0 amide bonds. The molecule has 1 fully saturated rings. The predicted octanol–water partition coefficient (Wildman–Crippen LogP) is 3.31. The molecule has 1 aromatic rings. The van der Waals surface area contributed by atoms with Gasteiger partial charge in [0.2, 0.25) is 0 Å². The number of aromatic nitrogens is 2. The number of thioether (sulfide) groups is 1. The number of nitrogens with zero attached hydrogens (tertiary/aromatic N) is 2. The molecule has 1 aromatic heterocycles. The molecular weight excluding hydrogens is 200 g/mol. The Morgan fingerprint density at radius 1 is 1.38 bits per heavy atom. The summed E-state index contributed by atoms with van der Waals surface area (Å²) in [7, 11) is 0. The largest absolute Gasteiger partial charge is 0.213 e. The summed E-state index contributed by atoms with van der Waals surface area (Å²) in [5.74, 6) is 1.77. The maximum Gasteiger partial charge on any atom is 0.170 e. The smallest absolute Gasteiger partial charge is 0.170 e. The highest BCUT2D eigenvalue weighted by Crippen LogP contribution is 2.41. The monoisotopic (exact) mass is 214 g/mol.